The van der Waals surface area contributed by atoms with Crippen molar-refractivity contribution in [2.75, 3.05) is 0 Å². The molecule has 0 spiro atoms. The molecule has 0 aromatic carbocycles. The lowest BCUT2D eigenvalue weighted by atomic mass is 10.1. The number of nitrogens with zero attached hydrogens (tertiary/aromatic N) is 2. The lowest BCUT2D eigenvalue weighted by molar-refractivity contribution is -0.0987. The Balaban J connectivity index is 3.11. The van der Waals surface area contributed by atoms with Gasteiger partial charge in [0.1, 0.15) is 0 Å². The fraction of sp³-hybridized carbons (Fsp3) is 0.625. The van der Waals surface area contributed by atoms with Crippen LogP contribution in [0.4, 0.5) is 8.78 Å². The molecule has 1 aromatic heterocycles. The van der Waals surface area contributed by atoms with Crippen molar-refractivity contribution in [2.45, 2.75) is 32.4 Å². The third-order valence-corrected chi connectivity index (χ3v) is 2.16. The summed E-state index contributed by atoms with van der Waals surface area (Å²) in [6.07, 6.45) is -0.674. The number of aliphatic hydroxyl groups is 1. The van der Waals surface area contributed by atoms with Crippen LogP contribution < -0.4 is 0 Å². The predicted molar refractivity (Wildman–Crippen MR) is 48.5 cm³/mol. The van der Waals surface area contributed by atoms with Crippen molar-refractivity contribution >= 4 is 11.6 Å². The van der Waals surface area contributed by atoms with Crippen LogP contribution in [-0.2, 0) is 6.54 Å². The van der Waals surface area contributed by atoms with E-state index in [2.05, 4.69) is 5.10 Å². The van der Waals surface area contributed by atoms with E-state index >= 15 is 0 Å². The van der Waals surface area contributed by atoms with Crippen LogP contribution in [-0.4, -0.2) is 20.8 Å². The number of rotatable bonds is 3. The first kappa shape index (κ1) is 11.4. The molecule has 1 heterocycles. The molecule has 0 aliphatic rings. The second-order valence-electron chi connectivity index (χ2n) is 3.05. The predicted octanol–water partition coefficient (Wildman–Crippen LogP) is 2.25. The molecule has 0 aliphatic carbocycles. The fourth-order valence-electron chi connectivity index (χ4n) is 1.14. The molecule has 0 aliphatic heterocycles. The summed E-state index contributed by atoms with van der Waals surface area (Å²) in [4.78, 5) is 0. The van der Waals surface area contributed by atoms with Gasteiger partial charge in [0.05, 0.1) is 16.9 Å². The normalized spacial score (nSPS) is 14.4. The third kappa shape index (κ3) is 2.04. The van der Waals surface area contributed by atoms with Gasteiger partial charge in [-0.2, -0.15) is 5.10 Å². The molecule has 0 radical (unpaired) electrons. The minimum absolute atomic E-state index is 0.0401. The van der Waals surface area contributed by atoms with Gasteiger partial charge in [-0.1, -0.05) is 11.6 Å². The monoisotopic (exact) mass is 224 g/mol. The highest BCUT2D eigenvalue weighted by molar-refractivity contribution is 6.31. The summed E-state index contributed by atoms with van der Waals surface area (Å²) >= 11 is 5.65. The molecule has 0 saturated heterocycles. The highest BCUT2D eigenvalue weighted by atomic mass is 35.5. The van der Waals surface area contributed by atoms with Crippen LogP contribution in [0.2, 0.25) is 5.02 Å². The Kier molecular flexibility index (Phi) is 3.11. The molecule has 1 N–H and O–H groups in total. The number of hydrogen-bond acceptors (Lipinski definition) is 2. The average Bonchev–Trinajstić information content (AvgIpc) is 2.43. The van der Waals surface area contributed by atoms with Crippen molar-refractivity contribution in [3.05, 3.63) is 16.9 Å². The molecular formula is C8H11ClF2N2O. The maximum Gasteiger partial charge on any atom is 0.276 e. The quantitative estimate of drug-likeness (QED) is 0.855. The number of aryl methyl sites for hydroxylation is 1. The highest BCUT2D eigenvalue weighted by Crippen LogP contribution is 2.34. The van der Waals surface area contributed by atoms with Crippen LogP contribution in [0.25, 0.3) is 0 Å². The molecule has 1 aromatic rings. The van der Waals surface area contributed by atoms with Crippen LogP contribution in [0.1, 0.15) is 25.6 Å². The lowest BCUT2D eigenvalue weighted by Crippen LogP contribution is -2.24. The molecule has 14 heavy (non-hydrogen) atoms. The summed E-state index contributed by atoms with van der Waals surface area (Å²) in [5.41, 5.74) is -0.0401. The summed E-state index contributed by atoms with van der Waals surface area (Å²) in [5, 5.41) is 13.2. The Bertz CT molecular complexity index is 322. The van der Waals surface area contributed by atoms with E-state index in [1.807, 2.05) is 0 Å². The molecule has 0 saturated carbocycles. The molecule has 1 atom stereocenters. The maximum atomic E-state index is 12.8. The molecule has 1 unspecified atom stereocenters. The third-order valence-electron chi connectivity index (χ3n) is 1.87. The second kappa shape index (κ2) is 3.82. The molecule has 0 amide bonds. The Labute approximate surface area is 85.3 Å². The summed E-state index contributed by atoms with van der Waals surface area (Å²) < 4.78 is 26.9. The van der Waals surface area contributed by atoms with E-state index in [0.717, 1.165) is 0 Å². The molecule has 0 fully saturated rings. The van der Waals surface area contributed by atoms with Gasteiger partial charge in [0.25, 0.3) is 5.92 Å². The van der Waals surface area contributed by atoms with Gasteiger partial charge in [0.2, 0.25) is 0 Å². The smallest absolute Gasteiger partial charge is 0.276 e. The van der Waals surface area contributed by atoms with Crippen molar-refractivity contribution in [1.29, 1.82) is 0 Å². The summed E-state index contributed by atoms with van der Waals surface area (Å²) in [6, 6.07) is 0. The van der Waals surface area contributed by atoms with E-state index in [0.29, 0.717) is 13.5 Å². The summed E-state index contributed by atoms with van der Waals surface area (Å²) in [6.45, 7) is 2.75. The number of aliphatic hydroxyl groups excluding tert-OH is 1. The second-order valence-corrected chi connectivity index (χ2v) is 3.46. The largest absolute Gasteiger partial charge is 0.380 e. The van der Waals surface area contributed by atoms with E-state index in [1.165, 1.54) is 10.9 Å². The van der Waals surface area contributed by atoms with Crippen molar-refractivity contribution in [2.24, 2.45) is 0 Å². The minimum atomic E-state index is -3.23. The SMILES string of the molecule is CCn1ncc(Cl)c1C(O)C(C)(F)F. The fourth-order valence-corrected chi connectivity index (χ4v) is 1.38. The van der Waals surface area contributed by atoms with Gasteiger partial charge in [-0.05, 0) is 6.92 Å². The summed E-state index contributed by atoms with van der Waals surface area (Å²) in [7, 11) is 0. The molecule has 1 rings (SSSR count). The zero-order valence-corrected chi connectivity index (χ0v) is 8.59. The van der Waals surface area contributed by atoms with Gasteiger partial charge >= 0.3 is 0 Å². The van der Waals surface area contributed by atoms with Crippen molar-refractivity contribution in [1.82, 2.24) is 9.78 Å². The van der Waals surface area contributed by atoms with Gasteiger partial charge in [-0.25, -0.2) is 8.78 Å². The van der Waals surface area contributed by atoms with Crippen LogP contribution in [0, 0.1) is 0 Å². The molecular weight excluding hydrogens is 214 g/mol. The van der Waals surface area contributed by atoms with Crippen LogP contribution in [0.5, 0.6) is 0 Å². The zero-order valence-electron chi connectivity index (χ0n) is 7.84. The Morgan fingerprint density at radius 1 is 1.71 bits per heavy atom. The Hall–Kier alpha value is -0.680. The summed E-state index contributed by atoms with van der Waals surface area (Å²) in [5.74, 6) is -3.23. The van der Waals surface area contributed by atoms with E-state index in [-0.39, 0.29) is 10.7 Å². The molecule has 6 heteroatoms. The number of alkyl halides is 2. The van der Waals surface area contributed by atoms with Crippen molar-refractivity contribution < 1.29 is 13.9 Å². The molecule has 80 valence electrons. The van der Waals surface area contributed by atoms with Gasteiger partial charge < -0.3 is 5.11 Å². The van der Waals surface area contributed by atoms with Gasteiger partial charge in [0, 0.05) is 13.5 Å². The zero-order chi connectivity index (χ0) is 10.9. The van der Waals surface area contributed by atoms with E-state index < -0.39 is 12.0 Å². The average molecular weight is 225 g/mol. The minimum Gasteiger partial charge on any atom is -0.380 e. The highest BCUT2D eigenvalue weighted by Gasteiger charge is 2.37. The van der Waals surface area contributed by atoms with Crippen molar-refractivity contribution in [3.8, 4) is 0 Å². The molecule has 3 nitrogen and oxygen atoms in total. The Morgan fingerprint density at radius 2 is 2.29 bits per heavy atom. The van der Waals surface area contributed by atoms with E-state index in [9.17, 15) is 13.9 Å². The van der Waals surface area contributed by atoms with Gasteiger partial charge in [-0.15, -0.1) is 0 Å². The first-order valence-electron chi connectivity index (χ1n) is 4.15. The first-order chi connectivity index (χ1) is 6.38. The number of aromatic nitrogens is 2. The van der Waals surface area contributed by atoms with Crippen LogP contribution in [0.3, 0.4) is 0 Å². The van der Waals surface area contributed by atoms with Crippen LogP contribution >= 0.6 is 11.6 Å². The topological polar surface area (TPSA) is 38.0 Å². The maximum absolute atomic E-state index is 12.8. The number of halogens is 3. The van der Waals surface area contributed by atoms with Gasteiger partial charge in [-0.3, -0.25) is 4.68 Å². The Morgan fingerprint density at radius 3 is 2.71 bits per heavy atom. The van der Waals surface area contributed by atoms with E-state index in [4.69, 9.17) is 11.6 Å². The van der Waals surface area contributed by atoms with Crippen LogP contribution in [0.15, 0.2) is 6.20 Å². The number of hydrogen-bond donors (Lipinski definition) is 1. The first-order valence-corrected chi connectivity index (χ1v) is 4.52. The van der Waals surface area contributed by atoms with Crippen molar-refractivity contribution in [3.63, 3.8) is 0 Å². The standard InChI is InChI=1S/C8H11ClF2N2O/c1-3-13-6(5(9)4-12-13)7(14)8(2,10)11/h4,7,14H,3H2,1-2H3. The van der Waals surface area contributed by atoms with E-state index in [1.54, 1.807) is 6.92 Å². The lowest BCUT2D eigenvalue weighted by Gasteiger charge is -2.19. The molecule has 0 bridgehead atoms. The van der Waals surface area contributed by atoms with Gasteiger partial charge in [0.15, 0.2) is 6.10 Å².